The molecule has 0 atom stereocenters. The third kappa shape index (κ3) is 7.56. The number of hydrogen-bond acceptors (Lipinski definition) is 9. The van der Waals surface area contributed by atoms with Crippen LogP contribution in [0.15, 0.2) is 35.5 Å². The molecule has 6 rings (SSSR count). The molecule has 44 heavy (non-hydrogen) atoms. The first-order valence-corrected chi connectivity index (χ1v) is 16.6. The second-order valence-electron chi connectivity index (χ2n) is 11.9. The fourth-order valence-electron chi connectivity index (χ4n) is 6.47. The zero-order chi connectivity index (χ0) is 29.3. The molecular weight excluding hydrogens is 625 g/mol. The molecule has 2 saturated carbocycles. The zero-order valence-corrected chi connectivity index (χ0v) is 27.4. The number of fused-ring (bicyclic) bond motifs is 1. The zero-order valence-electron chi connectivity index (χ0n) is 24.9. The highest BCUT2D eigenvalue weighted by atomic mass is 35.5. The number of piperidine rings is 1. The Bertz CT molecular complexity index is 1510. The van der Waals surface area contributed by atoms with Gasteiger partial charge in [-0.1, -0.05) is 12.8 Å². The van der Waals surface area contributed by atoms with Crippen molar-refractivity contribution in [1.82, 2.24) is 23.8 Å². The molecule has 3 aromatic rings. The van der Waals surface area contributed by atoms with E-state index in [-0.39, 0.29) is 47.7 Å². The molecule has 2 aromatic heterocycles. The summed E-state index contributed by atoms with van der Waals surface area (Å²) in [5, 5.41) is 9.84. The summed E-state index contributed by atoms with van der Waals surface area (Å²) in [4.78, 5) is 26.1. The fourth-order valence-corrected chi connectivity index (χ4v) is 7.94. The average molecular weight is 669 g/mol. The standard InChI is InChI=1S/C29H41N9O3S.2ClH/c1-19(39)32-21-10-12-25(13-11-21)42(40,41)37-16-14-23(15-17-37)33-27-26-28(38(18-31-26)24-4-2-3-5-24)36-29(35-27)34-22-8-6-20(30)7-9-22;;/h10-13,18,20,22-24H,2-9,14-17,30H2,1H3,(H,32,39)(H2,33,34,35,36);2*1H/t20-,22-;;. The lowest BCUT2D eigenvalue weighted by atomic mass is 9.92. The highest BCUT2D eigenvalue weighted by Gasteiger charge is 2.31. The van der Waals surface area contributed by atoms with Gasteiger partial charge in [-0.2, -0.15) is 14.3 Å². The van der Waals surface area contributed by atoms with E-state index in [1.807, 2.05) is 6.33 Å². The number of aromatic nitrogens is 4. The van der Waals surface area contributed by atoms with Gasteiger partial charge < -0.3 is 26.3 Å². The Morgan fingerprint density at radius 1 is 0.886 bits per heavy atom. The van der Waals surface area contributed by atoms with Crippen molar-refractivity contribution in [3.63, 3.8) is 0 Å². The van der Waals surface area contributed by atoms with Gasteiger partial charge in [-0.25, -0.2) is 13.4 Å². The van der Waals surface area contributed by atoms with E-state index < -0.39 is 10.0 Å². The van der Waals surface area contributed by atoms with Crippen LogP contribution >= 0.6 is 24.8 Å². The van der Waals surface area contributed by atoms with Crippen LogP contribution in [0.1, 0.15) is 77.2 Å². The van der Waals surface area contributed by atoms with Crippen molar-refractivity contribution >= 4 is 69.4 Å². The molecule has 12 nitrogen and oxygen atoms in total. The van der Waals surface area contributed by atoms with E-state index in [1.54, 1.807) is 12.1 Å². The number of nitrogens with one attached hydrogen (secondary N) is 3. The molecule has 1 aliphatic heterocycles. The first-order chi connectivity index (χ1) is 20.3. The number of nitrogens with two attached hydrogens (primary N) is 1. The van der Waals surface area contributed by atoms with E-state index in [9.17, 15) is 13.2 Å². The predicted molar refractivity (Wildman–Crippen MR) is 177 cm³/mol. The Morgan fingerprint density at radius 3 is 2.16 bits per heavy atom. The number of halogens is 2. The average Bonchev–Trinajstić information content (AvgIpc) is 3.65. The normalized spacial score (nSPS) is 21.8. The number of imidazole rings is 1. The van der Waals surface area contributed by atoms with Crippen LogP contribution in [-0.4, -0.2) is 69.4 Å². The van der Waals surface area contributed by atoms with Crippen LogP contribution in [0.4, 0.5) is 17.5 Å². The maximum absolute atomic E-state index is 13.3. The van der Waals surface area contributed by atoms with Crippen LogP contribution in [0.3, 0.4) is 0 Å². The lowest BCUT2D eigenvalue weighted by molar-refractivity contribution is -0.114. The molecular formula is C29H43Cl2N9O3S. The SMILES string of the molecule is CC(=O)Nc1ccc(S(=O)(=O)N2CCC(Nc3nc(N[C@H]4CC[C@H](N)CC4)nc4c3ncn4C3CCCC3)CC2)cc1.Cl.Cl. The highest BCUT2D eigenvalue weighted by Crippen LogP contribution is 2.34. The number of anilines is 3. The number of hydrogen-bond donors (Lipinski definition) is 4. The molecule has 2 aliphatic carbocycles. The van der Waals surface area contributed by atoms with Crippen molar-refractivity contribution < 1.29 is 13.2 Å². The van der Waals surface area contributed by atoms with Crippen LogP contribution in [0.2, 0.25) is 0 Å². The molecule has 5 N–H and O–H groups in total. The number of rotatable bonds is 8. The molecule has 15 heteroatoms. The van der Waals surface area contributed by atoms with Crippen LogP contribution in [0, 0.1) is 0 Å². The minimum atomic E-state index is -3.64. The van der Waals surface area contributed by atoms with Gasteiger partial charge in [0.05, 0.1) is 11.2 Å². The maximum atomic E-state index is 13.3. The summed E-state index contributed by atoms with van der Waals surface area (Å²) in [5.74, 6) is 1.10. The van der Waals surface area contributed by atoms with E-state index in [4.69, 9.17) is 20.7 Å². The monoisotopic (exact) mass is 667 g/mol. The van der Waals surface area contributed by atoms with Gasteiger partial charge >= 0.3 is 0 Å². The number of sulfonamides is 1. The molecule has 242 valence electrons. The van der Waals surface area contributed by atoms with Crippen molar-refractivity contribution in [1.29, 1.82) is 0 Å². The molecule has 0 unspecified atom stereocenters. The summed E-state index contributed by atoms with van der Waals surface area (Å²) < 4.78 is 30.4. The third-order valence-corrected chi connectivity index (χ3v) is 10.8. The second-order valence-corrected chi connectivity index (χ2v) is 13.9. The highest BCUT2D eigenvalue weighted by molar-refractivity contribution is 7.89. The van der Waals surface area contributed by atoms with E-state index in [0.29, 0.717) is 55.5 Å². The molecule has 1 saturated heterocycles. The van der Waals surface area contributed by atoms with Gasteiger partial charge in [-0.3, -0.25) is 4.79 Å². The first-order valence-electron chi connectivity index (χ1n) is 15.2. The minimum Gasteiger partial charge on any atom is -0.365 e. The van der Waals surface area contributed by atoms with E-state index in [2.05, 4.69) is 20.5 Å². The summed E-state index contributed by atoms with van der Waals surface area (Å²) in [6.07, 6.45) is 11.8. The smallest absolute Gasteiger partial charge is 0.243 e. The van der Waals surface area contributed by atoms with Crippen molar-refractivity contribution in [2.45, 2.75) is 100 Å². The van der Waals surface area contributed by atoms with Gasteiger partial charge in [0.15, 0.2) is 17.0 Å². The summed E-state index contributed by atoms with van der Waals surface area (Å²) in [6, 6.07) is 7.31. The fraction of sp³-hybridized carbons (Fsp3) is 0.586. The number of amides is 1. The maximum Gasteiger partial charge on any atom is 0.243 e. The van der Waals surface area contributed by atoms with Gasteiger partial charge in [0.2, 0.25) is 21.9 Å². The van der Waals surface area contributed by atoms with E-state index >= 15 is 0 Å². The molecule has 3 fully saturated rings. The van der Waals surface area contributed by atoms with Crippen molar-refractivity contribution in [3.8, 4) is 0 Å². The predicted octanol–water partition coefficient (Wildman–Crippen LogP) is 4.69. The number of carbonyl (C=O) groups is 1. The van der Waals surface area contributed by atoms with Crippen molar-refractivity contribution in [3.05, 3.63) is 30.6 Å². The molecule has 0 spiro atoms. The summed E-state index contributed by atoms with van der Waals surface area (Å²) in [6.45, 7) is 2.21. The van der Waals surface area contributed by atoms with Gasteiger partial charge in [-0.15, -0.1) is 24.8 Å². The largest absolute Gasteiger partial charge is 0.365 e. The Labute approximate surface area is 271 Å². The van der Waals surface area contributed by atoms with E-state index in [0.717, 1.165) is 49.7 Å². The topological polar surface area (TPSA) is 160 Å². The van der Waals surface area contributed by atoms with Gasteiger partial charge in [0.1, 0.15) is 0 Å². The molecule has 1 aromatic carbocycles. The van der Waals surface area contributed by atoms with Crippen molar-refractivity contribution in [2.75, 3.05) is 29.0 Å². The minimum absolute atomic E-state index is 0. The quantitative estimate of drug-likeness (QED) is 0.267. The Morgan fingerprint density at radius 2 is 1.52 bits per heavy atom. The van der Waals surface area contributed by atoms with Crippen LogP contribution in [0.25, 0.3) is 11.2 Å². The Balaban J connectivity index is 0.00000221. The summed E-state index contributed by atoms with van der Waals surface area (Å²) in [7, 11) is -3.64. The molecule has 3 heterocycles. The molecule has 0 radical (unpaired) electrons. The van der Waals surface area contributed by atoms with E-state index in [1.165, 1.54) is 36.2 Å². The van der Waals surface area contributed by atoms with Crippen LogP contribution in [-0.2, 0) is 14.8 Å². The molecule has 0 bridgehead atoms. The Hall–Kier alpha value is -2.71. The van der Waals surface area contributed by atoms with Crippen LogP contribution in [0.5, 0.6) is 0 Å². The lowest BCUT2D eigenvalue weighted by Gasteiger charge is -2.32. The first kappa shape index (κ1) is 34.2. The summed E-state index contributed by atoms with van der Waals surface area (Å²) in [5.41, 5.74) is 8.29. The van der Waals surface area contributed by atoms with Gasteiger partial charge in [0.25, 0.3) is 0 Å². The van der Waals surface area contributed by atoms with Gasteiger partial charge in [0, 0.05) is 49.9 Å². The summed E-state index contributed by atoms with van der Waals surface area (Å²) >= 11 is 0. The third-order valence-electron chi connectivity index (χ3n) is 8.85. The number of benzene rings is 1. The van der Waals surface area contributed by atoms with Crippen LogP contribution < -0.4 is 21.7 Å². The molecule has 1 amide bonds. The number of carbonyl (C=O) groups excluding carboxylic acids is 1. The lowest BCUT2D eigenvalue weighted by Crippen LogP contribution is -2.42. The number of nitrogens with zero attached hydrogens (tertiary/aromatic N) is 5. The Kier molecular flexibility index (Phi) is 11.3. The molecule has 3 aliphatic rings. The second kappa shape index (κ2) is 14.6. The van der Waals surface area contributed by atoms with Gasteiger partial charge in [-0.05, 0) is 75.6 Å². The van der Waals surface area contributed by atoms with Crippen molar-refractivity contribution in [2.24, 2.45) is 5.73 Å².